The summed E-state index contributed by atoms with van der Waals surface area (Å²) in [6, 6.07) is 5.28. The number of ether oxygens (including phenoxy) is 1. The Morgan fingerprint density at radius 1 is 1.38 bits per heavy atom. The van der Waals surface area contributed by atoms with E-state index in [-0.39, 0.29) is 5.41 Å². The normalized spacial score (nSPS) is 10.7. The predicted molar refractivity (Wildman–Crippen MR) is 62.7 cm³/mol. The lowest BCUT2D eigenvalue weighted by Gasteiger charge is -2.20. The molecule has 0 saturated heterocycles. The van der Waals surface area contributed by atoms with Gasteiger partial charge in [-0.25, -0.2) is 9.64 Å². The molecular formula is C13H15NO2. The summed E-state index contributed by atoms with van der Waals surface area (Å²) in [6.45, 7) is 13.2. The molecule has 0 radical (unpaired) electrons. The third-order valence-corrected chi connectivity index (χ3v) is 2.39. The molecule has 1 aromatic rings. The Labute approximate surface area is 95.9 Å². The van der Waals surface area contributed by atoms with Crippen molar-refractivity contribution in [2.45, 2.75) is 26.2 Å². The van der Waals surface area contributed by atoms with Gasteiger partial charge in [-0.15, -0.1) is 0 Å². The number of carbonyl (C=O) groups is 1. The maximum absolute atomic E-state index is 11.5. The molecule has 3 heteroatoms. The number of hydrogen-bond donors (Lipinski definition) is 0. The van der Waals surface area contributed by atoms with Crippen LogP contribution in [-0.2, 0) is 10.2 Å². The first-order chi connectivity index (χ1) is 7.40. The topological polar surface area (TPSA) is 30.7 Å². The van der Waals surface area contributed by atoms with Crippen LogP contribution in [0.5, 0.6) is 0 Å². The first-order valence-electron chi connectivity index (χ1n) is 5.00. The highest BCUT2D eigenvalue weighted by Crippen LogP contribution is 2.28. The van der Waals surface area contributed by atoms with E-state index in [0.29, 0.717) is 11.3 Å². The molecule has 0 unspecified atom stereocenters. The van der Waals surface area contributed by atoms with Crippen molar-refractivity contribution < 1.29 is 9.53 Å². The number of carbonyl (C=O) groups excluding carboxylic acids is 1. The van der Waals surface area contributed by atoms with E-state index >= 15 is 0 Å². The van der Waals surface area contributed by atoms with Crippen LogP contribution in [0.25, 0.3) is 4.85 Å². The fourth-order valence-electron chi connectivity index (χ4n) is 1.37. The molecule has 0 aliphatic rings. The molecule has 1 rings (SSSR count). The summed E-state index contributed by atoms with van der Waals surface area (Å²) in [5, 5.41) is 0. The minimum atomic E-state index is -0.461. The van der Waals surface area contributed by atoms with Gasteiger partial charge in [-0.2, -0.15) is 0 Å². The summed E-state index contributed by atoms with van der Waals surface area (Å²) in [5.74, 6) is -0.461. The molecule has 1 aromatic carbocycles. The van der Waals surface area contributed by atoms with Gasteiger partial charge in [0.1, 0.15) is 0 Å². The van der Waals surface area contributed by atoms with E-state index in [4.69, 9.17) is 6.57 Å². The summed E-state index contributed by atoms with van der Waals surface area (Å²) in [5.41, 5.74) is 1.63. The van der Waals surface area contributed by atoms with Crippen molar-refractivity contribution in [2.24, 2.45) is 0 Å². The van der Waals surface area contributed by atoms with Gasteiger partial charge in [0.2, 0.25) is 5.69 Å². The summed E-state index contributed by atoms with van der Waals surface area (Å²) < 4.78 is 4.66. The van der Waals surface area contributed by atoms with Crippen LogP contribution in [0.3, 0.4) is 0 Å². The number of benzene rings is 1. The minimum absolute atomic E-state index is 0.0523. The lowest BCUT2D eigenvalue weighted by Crippen LogP contribution is -2.12. The zero-order valence-electron chi connectivity index (χ0n) is 10.00. The van der Waals surface area contributed by atoms with Crippen molar-refractivity contribution in [3.05, 3.63) is 40.7 Å². The Morgan fingerprint density at radius 3 is 2.44 bits per heavy atom. The standard InChI is InChI=1S/C13H15NO2/c1-13(2,3)9-6-7-11(14-4)10(8-9)12(15)16-5/h6-8H,1-3,5H3. The van der Waals surface area contributed by atoms with Crippen LogP contribution in [0.4, 0.5) is 5.69 Å². The molecule has 0 amide bonds. The van der Waals surface area contributed by atoms with Crippen LogP contribution in [0.1, 0.15) is 36.7 Å². The zero-order valence-corrected chi connectivity index (χ0v) is 10.00. The van der Waals surface area contributed by atoms with Crippen LogP contribution < -0.4 is 0 Å². The van der Waals surface area contributed by atoms with Crippen LogP contribution >= 0.6 is 0 Å². The van der Waals surface area contributed by atoms with E-state index in [1.807, 2.05) is 6.07 Å². The van der Waals surface area contributed by atoms with E-state index in [9.17, 15) is 4.79 Å². The highest BCUT2D eigenvalue weighted by Gasteiger charge is 2.18. The fourth-order valence-corrected chi connectivity index (χ4v) is 1.37. The van der Waals surface area contributed by atoms with E-state index in [2.05, 4.69) is 30.4 Å². The highest BCUT2D eigenvalue weighted by atomic mass is 16.5. The van der Waals surface area contributed by atoms with Gasteiger partial charge in [-0.05, 0) is 11.0 Å². The Bertz CT molecular complexity index is 450. The fraction of sp³-hybridized carbons (Fsp3) is 0.385. The van der Waals surface area contributed by atoms with Crippen LogP contribution in [0.2, 0.25) is 0 Å². The minimum Gasteiger partial charge on any atom is -0.466 e. The van der Waals surface area contributed by atoms with Crippen LogP contribution in [0, 0.1) is 6.57 Å². The van der Waals surface area contributed by atoms with E-state index in [1.54, 1.807) is 12.1 Å². The molecule has 0 fully saturated rings. The number of methoxy groups -OCH3 is 1. The number of hydrogen-bond acceptors (Lipinski definition) is 2. The molecular weight excluding hydrogens is 202 g/mol. The maximum atomic E-state index is 11.5. The largest absolute Gasteiger partial charge is 0.466 e. The van der Waals surface area contributed by atoms with Crippen LogP contribution in [-0.4, -0.2) is 13.1 Å². The lowest BCUT2D eigenvalue weighted by molar-refractivity contribution is 0.0602. The van der Waals surface area contributed by atoms with Gasteiger partial charge in [0.15, 0.2) is 0 Å². The molecule has 0 aromatic heterocycles. The van der Waals surface area contributed by atoms with Gasteiger partial charge in [0.05, 0.1) is 19.2 Å². The van der Waals surface area contributed by atoms with Gasteiger partial charge in [0.25, 0.3) is 0 Å². The summed E-state index contributed by atoms with van der Waals surface area (Å²) >= 11 is 0. The second-order valence-electron chi connectivity index (χ2n) is 4.59. The van der Waals surface area contributed by atoms with Crippen molar-refractivity contribution in [3.63, 3.8) is 0 Å². The molecule has 3 nitrogen and oxygen atoms in total. The molecule has 0 bridgehead atoms. The number of nitrogens with zero attached hydrogens (tertiary/aromatic N) is 1. The average molecular weight is 217 g/mol. The highest BCUT2D eigenvalue weighted by molar-refractivity contribution is 5.96. The van der Waals surface area contributed by atoms with Crippen molar-refractivity contribution in [1.29, 1.82) is 0 Å². The number of esters is 1. The van der Waals surface area contributed by atoms with E-state index in [0.717, 1.165) is 5.56 Å². The molecule has 0 N–H and O–H groups in total. The zero-order chi connectivity index (χ0) is 12.3. The molecule has 0 heterocycles. The van der Waals surface area contributed by atoms with Crippen molar-refractivity contribution >= 4 is 11.7 Å². The quantitative estimate of drug-likeness (QED) is 0.533. The van der Waals surface area contributed by atoms with Gasteiger partial charge >= 0.3 is 5.97 Å². The lowest BCUT2D eigenvalue weighted by atomic mass is 9.86. The van der Waals surface area contributed by atoms with Gasteiger partial charge < -0.3 is 4.74 Å². The van der Waals surface area contributed by atoms with Crippen molar-refractivity contribution in [2.75, 3.05) is 7.11 Å². The van der Waals surface area contributed by atoms with E-state index in [1.165, 1.54) is 7.11 Å². The molecule has 0 spiro atoms. The Balaban J connectivity index is 3.34. The Morgan fingerprint density at radius 2 is 2.00 bits per heavy atom. The summed E-state index contributed by atoms with van der Waals surface area (Å²) in [7, 11) is 1.32. The first kappa shape index (κ1) is 12.3. The summed E-state index contributed by atoms with van der Waals surface area (Å²) in [6.07, 6.45) is 0. The third-order valence-electron chi connectivity index (χ3n) is 2.39. The summed E-state index contributed by atoms with van der Waals surface area (Å²) in [4.78, 5) is 14.8. The van der Waals surface area contributed by atoms with Crippen molar-refractivity contribution in [3.8, 4) is 0 Å². The smallest absolute Gasteiger partial charge is 0.327 e. The predicted octanol–water partition coefficient (Wildman–Crippen LogP) is 3.32. The molecule has 0 saturated carbocycles. The van der Waals surface area contributed by atoms with Crippen molar-refractivity contribution in [1.82, 2.24) is 0 Å². The molecule has 84 valence electrons. The number of rotatable bonds is 1. The van der Waals surface area contributed by atoms with Crippen LogP contribution in [0.15, 0.2) is 18.2 Å². The van der Waals surface area contributed by atoms with Gasteiger partial charge in [-0.3, -0.25) is 0 Å². The molecule has 0 atom stereocenters. The third kappa shape index (κ3) is 2.40. The molecule has 0 aliphatic heterocycles. The van der Waals surface area contributed by atoms with E-state index < -0.39 is 5.97 Å². The Kier molecular flexibility index (Phi) is 3.34. The first-order valence-corrected chi connectivity index (χ1v) is 5.00. The van der Waals surface area contributed by atoms with Gasteiger partial charge in [0, 0.05) is 0 Å². The van der Waals surface area contributed by atoms with Gasteiger partial charge in [-0.1, -0.05) is 39.0 Å². The average Bonchev–Trinajstić information content (AvgIpc) is 2.25. The molecule has 16 heavy (non-hydrogen) atoms. The second kappa shape index (κ2) is 4.36. The SMILES string of the molecule is [C-]#[N+]c1ccc(C(C)(C)C)cc1C(=O)OC. The second-order valence-corrected chi connectivity index (χ2v) is 4.59. The maximum Gasteiger partial charge on any atom is 0.327 e. The monoisotopic (exact) mass is 217 g/mol. The Hall–Kier alpha value is -1.82. The molecule has 0 aliphatic carbocycles.